The van der Waals surface area contributed by atoms with Gasteiger partial charge in [-0.3, -0.25) is 9.78 Å². The highest BCUT2D eigenvalue weighted by molar-refractivity contribution is 5.94. The highest BCUT2D eigenvalue weighted by Gasteiger charge is 2.15. The van der Waals surface area contributed by atoms with Crippen LogP contribution in [0.3, 0.4) is 0 Å². The molecule has 1 aromatic carbocycles. The van der Waals surface area contributed by atoms with E-state index in [1.165, 1.54) is 0 Å². The maximum absolute atomic E-state index is 12.2. The van der Waals surface area contributed by atoms with E-state index in [4.69, 9.17) is 10.5 Å². The molecule has 23 heavy (non-hydrogen) atoms. The number of nitrogen functional groups attached to an aromatic ring is 1. The molecule has 0 unspecified atom stereocenters. The number of carbonyl (C=O) groups excluding carboxylic acids is 1. The van der Waals surface area contributed by atoms with Gasteiger partial charge in [-0.25, -0.2) is 0 Å². The van der Waals surface area contributed by atoms with Crippen molar-refractivity contribution in [2.75, 3.05) is 25.5 Å². The van der Waals surface area contributed by atoms with Gasteiger partial charge in [-0.05, 0) is 42.5 Å². The van der Waals surface area contributed by atoms with Gasteiger partial charge in [0.05, 0.1) is 0 Å². The highest BCUT2D eigenvalue weighted by Crippen LogP contribution is 2.24. The van der Waals surface area contributed by atoms with Crippen molar-refractivity contribution in [2.45, 2.75) is 12.8 Å². The first-order chi connectivity index (χ1) is 11.2. The average molecular weight is 311 g/mol. The summed E-state index contributed by atoms with van der Waals surface area (Å²) < 4.78 is 5.34. The van der Waals surface area contributed by atoms with Gasteiger partial charge in [0.15, 0.2) is 0 Å². The number of benzene rings is 1. The van der Waals surface area contributed by atoms with Crippen LogP contribution in [0.5, 0.6) is 0 Å². The Balaban J connectivity index is 1.58. The molecule has 0 bridgehead atoms. The molecule has 0 saturated carbocycles. The van der Waals surface area contributed by atoms with Gasteiger partial charge in [0, 0.05) is 49.0 Å². The number of nitrogens with two attached hydrogens (primary N) is 1. The van der Waals surface area contributed by atoms with Gasteiger partial charge in [0.25, 0.3) is 5.91 Å². The maximum atomic E-state index is 12.2. The van der Waals surface area contributed by atoms with Crippen molar-refractivity contribution in [3.63, 3.8) is 0 Å². The molecule has 2 heterocycles. The minimum atomic E-state index is -0.0466. The van der Waals surface area contributed by atoms with E-state index < -0.39 is 0 Å². The molecule has 1 aliphatic heterocycles. The Bertz CT molecular complexity index is 664. The lowest BCUT2D eigenvalue weighted by atomic mass is 10.0. The number of aromatic nitrogens is 1. The van der Waals surface area contributed by atoms with E-state index in [1.54, 1.807) is 18.5 Å². The van der Waals surface area contributed by atoms with Crippen LogP contribution in [0.1, 0.15) is 23.2 Å². The Kier molecular flexibility index (Phi) is 4.88. The molecule has 1 aromatic heterocycles. The van der Waals surface area contributed by atoms with Crippen molar-refractivity contribution in [3.05, 3.63) is 48.3 Å². The highest BCUT2D eigenvalue weighted by atomic mass is 16.5. The van der Waals surface area contributed by atoms with Crippen molar-refractivity contribution >= 4 is 11.6 Å². The van der Waals surface area contributed by atoms with Gasteiger partial charge in [-0.2, -0.15) is 0 Å². The van der Waals surface area contributed by atoms with Crippen LogP contribution in [0.2, 0.25) is 0 Å². The van der Waals surface area contributed by atoms with Gasteiger partial charge in [-0.1, -0.05) is 12.1 Å². The third-order valence-corrected chi connectivity index (χ3v) is 4.18. The lowest BCUT2D eigenvalue weighted by molar-refractivity contribution is 0.0950. The fraction of sp³-hybridized carbons (Fsp3) is 0.333. The van der Waals surface area contributed by atoms with E-state index in [0.29, 0.717) is 23.7 Å². The standard InChI is InChI=1S/C18H21N3O2/c19-17-6-8-20-11-16(17)14-1-3-15(4-2-14)18(22)21-9-5-13-7-10-23-12-13/h1-4,6,8,11,13H,5,7,9-10,12H2,(H2,19,20)(H,21,22)/t13-/m1/s1. The number of nitrogens with zero attached hydrogens (tertiary/aromatic N) is 1. The van der Waals surface area contributed by atoms with Crippen LogP contribution in [-0.2, 0) is 4.74 Å². The second kappa shape index (κ2) is 7.24. The molecule has 0 radical (unpaired) electrons. The van der Waals surface area contributed by atoms with Crippen molar-refractivity contribution in [2.24, 2.45) is 5.92 Å². The molecule has 0 spiro atoms. The Morgan fingerprint density at radius 2 is 2.13 bits per heavy atom. The van der Waals surface area contributed by atoms with E-state index in [2.05, 4.69) is 10.3 Å². The van der Waals surface area contributed by atoms with Crippen LogP contribution in [0.25, 0.3) is 11.1 Å². The number of carbonyl (C=O) groups is 1. The number of ether oxygens (including phenoxy) is 1. The maximum Gasteiger partial charge on any atom is 0.251 e. The molecule has 5 heteroatoms. The Morgan fingerprint density at radius 3 is 2.83 bits per heavy atom. The minimum Gasteiger partial charge on any atom is -0.398 e. The molecule has 0 aliphatic carbocycles. The summed E-state index contributed by atoms with van der Waals surface area (Å²) in [5, 5.41) is 2.96. The Morgan fingerprint density at radius 1 is 1.30 bits per heavy atom. The van der Waals surface area contributed by atoms with Gasteiger partial charge in [0.1, 0.15) is 0 Å². The summed E-state index contributed by atoms with van der Waals surface area (Å²) >= 11 is 0. The van der Waals surface area contributed by atoms with Crippen molar-refractivity contribution < 1.29 is 9.53 Å². The number of hydrogen-bond acceptors (Lipinski definition) is 4. The number of anilines is 1. The molecule has 120 valence electrons. The van der Waals surface area contributed by atoms with Gasteiger partial charge < -0.3 is 15.8 Å². The molecular weight excluding hydrogens is 290 g/mol. The van der Waals surface area contributed by atoms with Crippen molar-refractivity contribution in [1.82, 2.24) is 10.3 Å². The number of rotatable bonds is 5. The topological polar surface area (TPSA) is 77.2 Å². The zero-order chi connectivity index (χ0) is 16.1. The SMILES string of the molecule is Nc1ccncc1-c1ccc(C(=O)NCC[C@@H]2CCOC2)cc1. The quantitative estimate of drug-likeness (QED) is 0.889. The van der Waals surface area contributed by atoms with Gasteiger partial charge in [0.2, 0.25) is 0 Å². The molecule has 3 rings (SSSR count). The van der Waals surface area contributed by atoms with Crippen LogP contribution in [0.15, 0.2) is 42.7 Å². The molecule has 2 aromatic rings. The summed E-state index contributed by atoms with van der Waals surface area (Å²) in [6.07, 6.45) is 5.46. The zero-order valence-electron chi connectivity index (χ0n) is 13.0. The Hall–Kier alpha value is -2.40. The van der Waals surface area contributed by atoms with Crippen molar-refractivity contribution in [3.8, 4) is 11.1 Å². The fourth-order valence-corrected chi connectivity index (χ4v) is 2.75. The summed E-state index contributed by atoms with van der Waals surface area (Å²) in [6, 6.07) is 9.19. The lowest BCUT2D eigenvalue weighted by Crippen LogP contribution is -2.26. The first-order valence-corrected chi connectivity index (χ1v) is 7.90. The summed E-state index contributed by atoms with van der Waals surface area (Å²) in [7, 11) is 0. The zero-order valence-corrected chi connectivity index (χ0v) is 13.0. The first-order valence-electron chi connectivity index (χ1n) is 7.90. The molecule has 1 saturated heterocycles. The monoisotopic (exact) mass is 311 g/mol. The predicted octanol–water partition coefficient (Wildman–Crippen LogP) is 2.49. The summed E-state index contributed by atoms with van der Waals surface area (Å²) in [5.41, 5.74) is 9.10. The summed E-state index contributed by atoms with van der Waals surface area (Å²) in [6.45, 7) is 2.35. The van der Waals surface area contributed by atoms with E-state index in [1.807, 2.05) is 24.3 Å². The molecule has 1 amide bonds. The number of hydrogen-bond donors (Lipinski definition) is 2. The summed E-state index contributed by atoms with van der Waals surface area (Å²) in [4.78, 5) is 16.2. The van der Waals surface area contributed by atoms with Crippen LogP contribution in [-0.4, -0.2) is 30.6 Å². The molecule has 1 aliphatic rings. The molecular formula is C18H21N3O2. The molecule has 5 nitrogen and oxygen atoms in total. The normalized spacial score (nSPS) is 17.1. The molecule has 1 atom stereocenters. The minimum absolute atomic E-state index is 0.0466. The Labute approximate surface area is 135 Å². The van der Waals surface area contributed by atoms with Crippen LogP contribution < -0.4 is 11.1 Å². The van der Waals surface area contributed by atoms with Gasteiger partial charge >= 0.3 is 0 Å². The second-order valence-corrected chi connectivity index (χ2v) is 5.81. The third kappa shape index (κ3) is 3.87. The largest absolute Gasteiger partial charge is 0.398 e. The fourth-order valence-electron chi connectivity index (χ4n) is 2.75. The number of pyridine rings is 1. The van der Waals surface area contributed by atoms with E-state index in [0.717, 1.165) is 37.2 Å². The molecule has 1 fully saturated rings. The van der Waals surface area contributed by atoms with Gasteiger partial charge in [-0.15, -0.1) is 0 Å². The first kappa shape index (κ1) is 15.5. The summed E-state index contributed by atoms with van der Waals surface area (Å²) in [5.74, 6) is 0.529. The third-order valence-electron chi connectivity index (χ3n) is 4.18. The number of amides is 1. The van der Waals surface area contributed by atoms with Crippen LogP contribution in [0, 0.1) is 5.92 Å². The molecule has 3 N–H and O–H groups in total. The van der Waals surface area contributed by atoms with E-state index in [9.17, 15) is 4.79 Å². The number of nitrogens with one attached hydrogen (secondary N) is 1. The van der Waals surface area contributed by atoms with Crippen LogP contribution in [0.4, 0.5) is 5.69 Å². The average Bonchev–Trinajstić information content (AvgIpc) is 3.09. The second-order valence-electron chi connectivity index (χ2n) is 5.81. The van der Waals surface area contributed by atoms with Crippen molar-refractivity contribution in [1.29, 1.82) is 0 Å². The smallest absolute Gasteiger partial charge is 0.251 e. The van der Waals surface area contributed by atoms with E-state index in [-0.39, 0.29) is 5.91 Å². The lowest BCUT2D eigenvalue weighted by Gasteiger charge is -2.09. The van der Waals surface area contributed by atoms with Crippen LogP contribution >= 0.6 is 0 Å². The predicted molar refractivity (Wildman–Crippen MR) is 90.0 cm³/mol. The van der Waals surface area contributed by atoms with E-state index >= 15 is 0 Å².